The second-order valence-corrected chi connectivity index (χ2v) is 8.71. The maximum Gasteiger partial charge on any atom is 0.416 e. The van der Waals surface area contributed by atoms with E-state index in [1.807, 2.05) is 6.92 Å². The summed E-state index contributed by atoms with van der Waals surface area (Å²) >= 11 is 0. The molecule has 0 aliphatic carbocycles. The molecule has 1 aliphatic heterocycles. The minimum Gasteiger partial charge on any atom is -0.320 e. The van der Waals surface area contributed by atoms with Crippen LogP contribution in [0.4, 0.5) is 31.1 Å². The molecule has 1 aromatic carbocycles. The van der Waals surface area contributed by atoms with Gasteiger partial charge in [-0.15, -0.1) is 0 Å². The number of carbonyl (C=O) groups excluding carboxylic acids is 1. The smallest absolute Gasteiger partial charge is 0.320 e. The highest BCUT2D eigenvalue weighted by Gasteiger charge is 2.46. The predicted molar refractivity (Wildman–Crippen MR) is 111 cm³/mol. The summed E-state index contributed by atoms with van der Waals surface area (Å²) in [5.41, 5.74) is -3.37. The molecule has 1 aromatic rings. The van der Waals surface area contributed by atoms with Crippen molar-refractivity contribution in [1.82, 2.24) is 9.80 Å². The molecule has 32 heavy (non-hydrogen) atoms. The molecular formula is C23H32F6N2O. The Kier molecular flexibility index (Phi) is 8.50. The minimum atomic E-state index is -4.91. The molecule has 0 saturated carbocycles. The van der Waals surface area contributed by atoms with E-state index in [2.05, 4.69) is 6.92 Å². The van der Waals surface area contributed by atoms with E-state index in [-0.39, 0.29) is 30.8 Å². The predicted octanol–water partition coefficient (Wildman–Crippen LogP) is 7.49. The maximum absolute atomic E-state index is 13.2. The molecule has 1 fully saturated rings. The SMILES string of the molecule is CCCCCCCCC1(CC)CN(Cc2cc(C(F)(F)F)cc(C(F)(F)F)c2)C(=O)N1C. The van der Waals surface area contributed by atoms with Crippen molar-refractivity contribution < 1.29 is 31.1 Å². The van der Waals surface area contributed by atoms with Crippen LogP contribution in [0, 0.1) is 0 Å². The number of hydrogen-bond donors (Lipinski definition) is 0. The van der Waals surface area contributed by atoms with Gasteiger partial charge in [0.05, 0.1) is 16.7 Å². The van der Waals surface area contributed by atoms with Gasteiger partial charge in [-0.1, -0.05) is 52.4 Å². The summed E-state index contributed by atoms with van der Waals surface area (Å²) < 4.78 is 79.0. The molecular weight excluding hydrogens is 434 g/mol. The van der Waals surface area contributed by atoms with E-state index in [1.54, 1.807) is 11.9 Å². The van der Waals surface area contributed by atoms with Gasteiger partial charge in [0.15, 0.2) is 0 Å². The monoisotopic (exact) mass is 466 g/mol. The average Bonchev–Trinajstić information content (AvgIpc) is 2.94. The Morgan fingerprint density at radius 2 is 1.41 bits per heavy atom. The fourth-order valence-corrected chi connectivity index (χ4v) is 4.41. The molecule has 1 atom stereocenters. The van der Waals surface area contributed by atoms with Crippen molar-refractivity contribution in [2.45, 2.75) is 89.7 Å². The highest BCUT2D eigenvalue weighted by molar-refractivity contribution is 5.78. The molecule has 0 radical (unpaired) electrons. The lowest BCUT2D eigenvalue weighted by Crippen LogP contribution is -2.44. The van der Waals surface area contributed by atoms with E-state index >= 15 is 0 Å². The highest BCUT2D eigenvalue weighted by Crippen LogP contribution is 2.38. The zero-order valence-electron chi connectivity index (χ0n) is 18.9. The van der Waals surface area contributed by atoms with Crippen LogP contribution in [0.5, 0.6) is 0 Å². The lowest BCUT2D eigenvalue weighted by atomic mass is 9.88. The number of rotatable bonds is 10. The number of likely N-dealkylation sites (N-methyl/N-ethyl adjacent to an activating group) is 1. The summed E-state index contributed by atoms with van der Waals surface area (Å²) in [5, 5.41) is 0. The summed E-state index contributed by atoms with van der Waals surface area (Å²) in [6.45, 7) is 4.08. The van der Waals surface area contributed by atoms with Gasteiger partial charge in [0, 0.05) is 20.1 Å². The molecule has 0 spiro atoms. The second-order valence-electron chi connectivity index (χ2n) is 8.71. The van der Waals surface area contributed by atoms with Crippen molar-refractivity contribution in [2.75, 3.05) is 13.6 Å². The summed E-state index contributed by atoms with van der Waals surface area (Å²) in [5.74, 6) is 0. The van der Waals surface area contributed by atoms with E-state index in [0.717, 1.165) is 38.5 Å². The average molecular weight is 467 g/mol. The van der Waals surface area contributed by atoms with Crippen molar-refractivity contribution in [2.24, 2.45) is 0 Å². The van der Waals surface area contributed by atoms with Crippen LogP contribution < -0.4 is 0 Å². The van der Waals surface area contributed by atoms with Crippen LogP contribution in [-0.4, -0.2) is 35.0 Å². The number of amides is 2. The number of benzene rings is 1. The van der Waals surface area contributed by atoms with Crippen molar-refractivity contribution in [3.63, 3.8) is 0 Å². The van der Waals surface area contributed by atoms with Crippen LogP contribution in [0.3, 0.4) is 0 Å². The van der Waals surface area contributed by atoms with Gasteiger partial charge >= 0.3 is 18.4 Å². The fraction of sp³-hybridized carbons (Fsp3) is 0.696. The molecule has 0 N–H and O–H groups in total. The van der Waals surface area contributed by atoms with E-state index < -0.39 is 29.0 Å². The van der Waals surface area contributed by atoms with E-state index in [4.69, 9.17) is 0 Å². The maximum atomic E-state index is 13.2. The second kappa shape index (κ2) is 10.3. The molecule has 182 valence electrons. The van der Waals surface area contributed by atoms with Gasteiger partial charge in [-0.3, -0.25) is 0 Å². The first-order chi connectivity index (χ1) is 14.8. The van der Waals surface area contributed by atoms with Crippen LogP contribution in [0.25, 0.3) is 0 Å². The molecule has 0 aromatic heterocycles. The first-order valence-electron chi connectivity index (χ1n) is 11.1. The topological polar surface area (TPSA) is 23.6 Å². The Labute approximate surface area is 185 Å². The largest absolute Gasteiger partial charge is 0.416 e. The first-order valence-corrected chi connectivity index (χ1v) is 11.1. The van der Waals surface area contributed by atoms with Gasteiger partial charge in [-0.25, -0.2) is 4.79 Å². The minimum absolute atomic E-state index is 0.107. The third-order valence-corrected chi connectivity index (χ3v) is 6.43. The summed E-state index contributed by atoms with van der Waals surface area (Å²) in [4.78, 5) is 15.8. The van der Waals surface area contributed by atoms with E-state index in [0.29, 0.717) is 18.6 Å². The number of unbranched alkanes of at least 4 members (excludes halogenated alkanes) is 5. The summed E-state index contributed by atoms with van der Waals surface area (Å²) in [6, 6.07) is 1.13. The zero-order chi connectivity index (χ0) is 24.2. The molecule has 1 heterocycles. The normalized spacial score (nSPS) is 19.8. The van der Waals surface area contributed by atoms with Crippen LogP contribution in [0.15, 0.2) is 18.2 Å². The highest BCUT2D eigenvalue weighted by atomic mass is 19.4. The molecule has 0 bridgehead atoms. The van der Waals surface area contributed by atoms with Gasteiger partial charge in [-0.2, -0.15) is 26.3 Å². The molecule has 1 aliphatic rings. The lowest BCUT2D eigenvalue weighted by Gasteiger charge is -2.33. The van der Waals surface area contributed by atoms with Gasteiger partial charge in [0.1, 0.15) is 0 Å². The van der Waals surface area contributed by atoms with Gasteiger partial charge < -0.3 is 9.80 Å². The molecule has 9 heteroatoms. The summed E-state index contributed by atoms with van der Waals surface area (Å²) in [6.07, 6.45) is -1.84. The molecule has 3 nitrogen and oxygen atoms in total. The van der Waals surface area contributed by atoms with Crippen LogP contribution >= 0.6 is 0 Å². The Morgan fingerprint density at radius 1 is 0.875 bits per heavy atom. The number of nitrogens with zero attached hydrogens (tertiary/aromatic N) is 2. The lowest BCUT2D eigenvalue weighted by molar-refractivity contribution is -0.143. The Hall–Kier alpha value is -1.93. The number of hydrogen-bond acceptors (Lipinski definition) is 1. The van der Waals surface area contributed by atoms with Gasteiger partial charge in [0.2, 0.25) is 0 Å². The van der Waals surface area contributed by atoms with Crippen molar-refractivity contribution >= 4 is 6.03 Å². The van der Waals surface area contributed by atoms with Gasteiger partial charge in [0.25, 0.3) is 0 Å². The number of urea groups is 1. The number of carbonyl (C=O) groups is 1. The van der Waals surface area contributed by atoms with Crippen molar-refractivity contribution in [1.29, 1.82) is 0 Å². The number of alkyl halides is 6. The molecule has 1 saturated heterocycles. The zero-order valence-corrected chi connectivity index (χ0v) is 18.9. The van der Waals surface area contributed by atoms with Crippen LogP contribution in [0.2, 0.25) is 0 Å². The van der Waals surface area contributed by atoms with E-state index in [9.17, 15) is 31.1 Å². The van der Waals surface area contributed by atoms with Crippen molar-refractivity contribution in [3.05, 3.63) is 34.9 Å². The third kappa shape index (κ3) is 6.32. The number of halogens is 6. The Morgan fingerprint density at radius 3 is 1.91 bits per heavy atom. The fourth-order valence-electron chi connectivity index (χ4n) is 4.41. The van der Waals surface area contributed by atoms with E-state index in [1.165, 1.54) is 11.3 Å². The van der Waals surface area contributed by atoms with Crippen LogP contribution in [-0.2, 0) is 18.9 Å². The molecule has 1 unspecified atom stereocenters. The first kappa shape index (κ1) is 26.3. The third-order valence-electron chi connectivity index (χ3n) is 6.43. The summed E-state index contributed by atoms with van der Waals surface area (Å²) in [7, 11) is 1.66. The van der Waals surface area contributed by atoms with Crippen molar-refractivity contribution in [3.8, 4) is 0 Å². The molecule has 2 rings (SSSR count). The molecule has 2 amide bonds. The Balaban J connectivity index is 2.18. The standard InChI is InChI=1S/C23H32F6N2O/c1-4-6-7-8-9-10-11-21(5-2)16-31(20(32)30(21)3)15-17-12-18(22(24,25)26)14-19(13-17)23(27,28)29/h12-14H,4-11,15-16H2,1-3H3. The van der Waals surface area contributed by atoms with Crippen LogP contribution in [0.1, 0.15) is 81.9 Å². The quantitative estimate of drug-likeness (QED) is 0.259. The van der Waals surface area contributed by atoms with Gasteiger partial charge in [-0.05, 0) is 36.6 Å². The Bertz CT molecular complexity index is 744.